The Balaban J connectivity index is 1.31. The Bertz CT molecular complexity index is 1010. The number of anilines is 1. The van der Waals surface area contributed by atoms with Gasteiger partial charge in [0.2, 0.25) is 12.7 Å². The summed E-state index contributed by atoms with van der Waals surface area (Å²) in [6.45, 7) is 0.930. The van der Waals surface area contributed by atoms with E-state index in [4.69, 9.17) is 14.2 Å². The molecule has 0 aliphatic carbocycles. The molecule has 0 radical (unpaired) electrons. The van der Waals surface area contributed by atoms with E-state index < -0.39 is 0 Å². The van der Waals surface area contributed by atoms with Crippen molar-refractivity contribution in [3.05, 3.63) is 59.7 Å². The van der Waals surface area contributed by atoms with E-state index in [1.54, 1.807) is 25.2 Å². The highest BCUT2D eigenvalue weighted by atomic mass is 32.2. The first-order chi connectivity index (χ1) is 13.8. The lowest BCUT2D eigenvalue weighted by molar-refractivity contribution is 0.174. The Morgan fingerprint density at radius 1 is 1.14 bits per heavy atom. The van der Waals surface area contributed by atoms with Gasteiger partial charge in [-0.05, 0) is 23.3 Å². The summed E-state index contributed by atoms with van der Waals surface area (Å²) in [6, 6.07) is 9.91. The highest BCUT2D eigenvalue weighted by Gasteiger charge is 2.28. The third kappa shape index (κ3) is 3.20. The molecule has 5 rings (SSSR count). The van der Waals surface area contributed by atoms with Gasteiger partial charge in [0.1, 0.15) is 12.1 Å². The third-order valence-corrected chi connectivity index (χ3v) is 6.14. The number of nitrogens with zero attached hydrogens (tertiary/aromatic N) is 3. The zero-order chi connectivity index (χ0) is 18.9. The first-order valence-corrected chi connectivity index (χ1v) is 9.81. The molecule has 1 aromatic carbocycles. The molecule has 0 spiro atoms. The monoisotopic (exact) mass is 394 g/mol. The minimum absolute atomic E-state index is 0.274. The van der Waals surface area contributed by atoms with E-state index in [0.717, 1.165) is 45.5 Å². The average molecular weight is 394 g/mol. The van der Waals surface area contributed by atoms with Crippen LogP contribution in [0.5, 0.6) is 17.4 Å². The number of hydrogen-bond acceptors (Lipinski definition) is 8. The molecule has 1 unspecified atom stereocenters. The lowest BCUT2D eigenvalue weighted by atomic mass is 10.1. The Kier molecular flexibility index (Phi) is 4.40. The van der Waals surface area contributed by atoms with E-state index in [0.29, 0.717) is 12.4 Å². The molecule has 4 heterocycles. The maximum Gasteiger partial charge on any atom is 0.231 e. The van der Waals surface area contributed by atoms with Crippen molar-refractivity contribution in [2.24, 2.45) is 0 Å². The Morgan fingerprint density at radius 3 is 2.93 bits per heavy atom. The minimum Gasteiger partial charge on any atom is -0.481 e. The molecule has 28 heavy (non-hydrogen) atoms. The fourth-order valence-corrected chi connectivity index (χ4v) is 4.60. The highest BCUT2D eigenvalue weighted by molar-refractivity contribution is 8.00. The molecule has 2 aliphatic rings. The number of hydrogen-bond donors (Lipinski definition) is 1. The van der Waals surface area contributed by atoms with Gasteiger partial charge in [-0.25, -0.2) is 15.0 Å². The second-order valence-corrected chi connectivity index (χ2v) is 7.70. The second kappa shape index (κ2) is 7.20. The number of thioether (sulfide) groups is 1. The van der Waals surface area contributed by atoms with Crippen LogP contribution in [0.15, 0.2) is 47.8 Å². The van der Waals surface area contributed by atoms with Gasteiger partial charge in [-0.2, -0.15) is 0 Å². The number of methoxy groups -OCH3 is 1. The lowest BCUT2D eigenvalue weighted by Crippen LogP contribution is -2.04. The van der Waals surface area contributed by atoms with Crippen molar-refractivity contribution in [1.29, 1.82) is 0 Å². The number of rotatable bonds is 5. The van der Waals surface area contributed by atoms with Crippen LogP contribution in [0.4, 0.5) is 5.82 Å². The first kappa shape index (κ1) is 17.1. The predicted molar refractivity (Wildman–Crippen MR) is 105 cm³/mol. The molecule has 0 bridgehead atoms. The van der Waals surface area contributed by atoms with Crippen molar-refractivity contribution in [1.82, 2.24) is 15.0 Å². The Labute approximate surface area is 166 Å². The van der Waals surface area contributed by atoms with E-state index in [1.807, 2.05) is 30.5 Å². The van der Waals surface area contributed by atoms with Crippen molar-refractivity contribution >= 4 is 17.6 Å². The van der Waals surface area contributed by atoms with Crippen LogP contribution in [0.2, 0.25) is 0 Å². The number of benzene rings is 1. The van der Waals surface area contributed by atoms with Crippen molar-refractivity contribution in [2.45, 2.75) is 23.1 Å². The zero-order valence-corrected chi connectivity index (χ0v) is 16.0. The van der Waals surface area contributed by atoms with Crippen LogP contribution in [0.25, 0.3) is 0 Å². The number of nitrogens with one attached hydrogen (secondary N) is 1. The summed E-state index contributed by atoms with van der Waals surface area (Å²) in [5.41, 5.74) is 3.33. The number of fused-ring (bicyclic) bond motifs is 2. The van der Waals surface area contributed by atoms with Crippen molar-refractivity contribution in [2.75, 3.05) is 19.2 Å². The van der Waals surface area contributed by atoms with E-state index in [1.165, 1.54) is 0 Å². The third-order valence-electron chi connectivity index (χ3n) is 4.75. The van der Waals surface area contributed by atoms with Gasteiger partial charge < -0.3 is 19.5 Å². The summed E-state index contributed by atoms with van der Waals surface area (Å²) in [5, 5.41) is 3.71. The number of pyridine rings is 1. The van der Waals surface area contributed by atoms with E-state index in [-0.39, 0.29) is 12.0 Å². The molecular weight excluding hydrogens is 376 g/mol. The molecule has 0 fully saturated rings. The number of ether oxygens (including phenoxy) is 3. The maximum absolute atomic E-state index is 5.45. The number of aromatic nitrogens is 3. The summed E-state index contributed by atoms with van der Waals surface area (Å²) in [4.78, 5) is 14.4. The van der Waals surface area contributed by atoms with E-state index in [2.05, 4.69) is 26.3 Å². The van der Waals surface area contributed by atoms with Crippen LogP contribution in [-0.4, -0.2) is 28.9 Å². The summed E-state index contributed by atoms with van der Waals surface area (Å²) < 4.78 is 16.0. The van der Waals surface area contributed by atoms with Gasteiger partial charge in [-0.1, -0.05) is 12.1 Å². The Hall–Kier alpha value is -3.00. The van der Waals surface area contributed by atoms with Gasteiger partial charge in [0.25, 0.3) is 0 Å². The van der Waals surface area contributed by atoms with Gasteiger partial charge in [-0.15, -0.1) is 11.8 Å². The van der Waals surface area contributed by atoms with Crippen LogP contribution in [0.1, 0.15) is 22.1 Å². The summed E-state index contributed by atoms with van der Waals surface area (Å²) in [6.07, 6.45) is 4.35. The molecule has 8 heteroatoms. The molecule has 2 aliphatic heterocycles. The highest BCUT2D eigenvalue weighted by Crippen LogP contribution is 2.48. The molecule has 0 saturated carbocycles. The molecular formula is C20H18N4O3S. The lowest BCUT2D eigenvalue weighted by Gasteiger charge is -2.11. The van der Waals surface area contributed by atoms with Gasteiger partial charge in [0.05, 0.1) is 17.7 Å². The van der Waals surface area contributed by atoms with Crippen LogP contribution < -0.4 is 19.5 Å². The smallest absolute Gasteiger partial charge is 0.231 e. The largest absolute Gasteiger partial charge is 0.481 e. The normalized spacial score (nSPS) is 16.7. The fourth-order valence-electron chi connectivity index (χ4n) is 3.29. The quantitative estimate of drug-likeness (QED) is 0.703. The minimum atomic E-state index is 0.274. The van der Waals surface area contributed by atoms with Crippen molar-refractivity contribution in [3.63, 3.8) is 0 Å². The van der Waals surface area contributed by atoms with Crippen LogP contribution in [0, 0.1) is 0 Å². The van der Waals surface area contributed by atoms with Crippen molar-refractivity contribution in [3.8, 4) is 17.4 Å². The van der Waals surface area contributed by atoms with Crippen molar-refractivity contribution < 1.29 is 14.2 Å². The Morgan fingerprint density at radius 2 is 2.07 bits per heavy atom. The molecule has 0 amide bonds. The second-order valence-electron chi connectivity index (χ2n) is 6.48. The molecule has 1 atom stereocenters. The van der Waals surface area contributed by atoms with Gasteiger partial charge in [0, 0.05) is 30.5 Å². The SMILES string of the molecule is COc1ccc(C2Cc3ncnc(NCc4ccc5c(c4)OCO5)c3S2)cn1. The van der Waals surface area contributed by atoms with Crippen LogP contribution >= 0.6 is 11.8 Å². The van der Waals surface area contributed by atoms with E-state index in [9.17, 15) is 0 Å². The maximum atomic E-state index is 5.45. The molecule has 142 valence electrons. The van der Waals surface area contributed by atoms with Gasteiger partial charge >= 0.3 is 0 Å². The van der Waals surface area contributed by atoms with Crippen LogP contribution in [0.3, 0.4) is 0 Å². The average Bonchev–Trinajstić information content (AvgIpc) is 3.39. The molecule has 3 aromatic rings. The standard InChI is InChI=1S/C20H18N4O3S/c1-25-18-5-3-13(9-21-18)17-7-14-19(28-17)20(24-10-23-14)22-8-12-2-4-15-16(6-12)27-11-26-15/h2-6,9-10,17H,7-8,11H2,1H3,(H,22,23,24). The zero-order valence-electron chi connectivity index (χ0n) is 15.2. The van der Waals surface area contributed by atoms with Gasteiger partial charge in [-0.3, -0.25) is 0 Å². The molecule has 1 N–H and O–H groups in total. The molecule has 2 aromatic heterocycles. The topological polar surface area (TPSA) is 78.4 Å². The summed E-state index contributed by atoms with van der Waals surface area (Å²) in [7, 11) is 1.62. The summed E-state index contributed by atoms with van der Waals surface area (Å²) in [5.74, 6) is 3.05. The first-order valence-electron chi connectivity index (χ1n) is 8.93. The summed E-state index contributed by atoms with van der Waals surface area (Å²) >= 11 is 1.77. The van der Waals surface area contributed by atoms with Gasteiger partial charge in [0.15, 0.2) is 11.5 Å². The molecule has 0 saturated heterocycles. The van der Waals surface area contributed by atoms with E-state index >= 15 is 0 Å². The molecule has 7 nitrogen and oxygen atoms in total. The van der Waals surface area contributed by atoms with Crippen LogP contribution in [-0.2, 0) is 13.0 Å². The fraction of sp³-hybridized carbons (Fsp3) is 0.250. The predicted octanol–water partition coefficient (Wildman–Crippen LogP) is 3.61.